The summed E-state index contributed by atoms with van der Waals surface area (Å²) in [7, 11) is 2.64. The Morgan fingerprint density at radius 1 is 1.00 bits per heavy atom. The average molecular weight is 387 g/mol. The van der Waals surface area contributed by atoms with Gasteiger partial charge < -0.3 is 30.1 Å². The number of esters is 1. The van der Waals surface area contributed by atoms with E-state index < -0.39 is 17.9 Å². The highest BCUT2D eigenvalue weighted by Gasteiger charge is 2.27. The van der Waals surface area contributed by atoms with Crippen molar-refractivity contribution < 1.29 is 34.8 Å². The first kappa shape index (κ1) is 20.6. The van der Waals surface area contributed by atoms with Gasteiger partial charge >= 0.3 is 5.97 Å². The summed E-state index contributed by atoms with van der Waals surface area (Å²) >= 11 is 0. The van der Waals surface area contributed by atoms with Gasteiger partial charge in [0.1, 0.15) is 6.04 Å². The molecular weight excluding hydrogens is 366 g/mol. The normalized spacial score (nSPS) is 11.9. The molecule has 0 aliphatic rings. The predicted octanol–water partition coefficient (Wildman–Crippen LogP) is 1.76. The lowest BCUT2D eigenvalue weighted by atomic mass is 10.0. The lowest BCUT2D eigenvalue weighted by Gasteiger charge is -2.25. The fourth-order valence-electron chi connectivity index (χ4n) is 2.52. The van der Waals surface area contributed by atoms with E-state index in [0.717, 1.165) is 0 Å². The van der Waals surface area contributed by atoms with Gasteiger partial charge in [-0.05, 0) is 41.5 Å². The lowest BCUT2D eigenvalue weighted by molar-refractivity contribution is -0.150. The smallest absolute Gasteiger partial charge is 0.328 e. The fraction of sp³-hybridized carbons (Fsp3) is 0.200. The molecule has 148 valence electrons. The van der Waals surface area contributed by atoms with Crippen LogP contribution in [0.4, 0.5) is 0 Å². The van der Waals surface area contributed by atoms with Gasteiger partial charge in [0.25, 0.3) is 0 Å². The largest absolute Gasteiger partial charge is 0.504 e. The fourth-order valence-corrected chi connectivity index (χ4v) is 2.52. The molecule has 0 bridgehead atoms. The molecule has 2 rings (SSSR count). The van der Waals surface area contributed by atoms with Crippen LogP contribution in [0.3, 0.4) is 0 Å². The Balaban J connectivity index is 2.18. The number of ether oxygens (including phenoxy) is 1. The molecule has 0 heterocycles. The average Bonchev–Trinajstić information content (AvgIpc) is 2.68. The van der Waals surface area contributed by atoms with Gasteiger partial charge in [-0.2, -0.15) is 0 Å². The van der Waals surface area contributed by atoms with Crippen molar-refractivity contribution in [3.63, 3.8) is 0 Å². The molecule has 0 saturated carbocycles. The molecule has 0 saturated heterocycles. The second-order valence-electron chi connectivity index (χ2n) is 6.10. The van der Waals surface area contributed by atoms with Crippen LogP contribution in [0, 0.1) is 0 Å². The Bertz CT molecular complexity index is 907. The molecule has 0 fully saturated rings. The van der Waals surface area contributed by atoms with Crippen molar-refractivity contribution in [3.8, 4) is 23.0 Å². The lowest BCUT2D eigenvalue weighted by Crippen LogP contribution is -2.43. The molecule has 8 heteroatoms. The number of likely N-dealkylation sites (N-methyl/N-ethyl adjacent to an activating group) is 1. The third-order valence-corrected chi connectivity index (χ3v) is 4.18. The summed E-state index contributed by atoms with van der Waals surface area (Å²) in [5, 5.41) is 37.8. The van der Waals surface area contributed by atoms with E-state index >= 15 is 0 Å². The number of benzene rings is 2. The first-order valence-electron chi connectivity index (χ1n) is 8.28. The number of aromatic hydroxyl groups is 4. The van der Waals surface area contributed by atoms with Crippen molar-refractivity contribution in [1.29, 1.82) is 0 Å². The number of carbonyl (C=O) groups is 2. The Hall–Kier alpha value is -3.68. The number of hydrogen-bond acceptors (Lipinski definition) is 7. The molecular formula is C20H21NO7. The van der Waals surface area contributed by atoms with Crippen LogP contribution in [-0.2, 0) is 20.7 Å². The van der Waals surface area contributed by atoms with Crippen LogP contribution in [0.15, 0.2) is 42.5 Å². The summed E-state index contributed by atoms with van der Waals surface area (Å²) in [6.45, 7) is 0. The van der Waals surface area contributed by atoms with E-state index in [2.05, 4.69) is 0 Å². The second-order valence-corrected chi connectivity index (χ2v) is 6.10. The zero-order valence-corrected chi connectivity index (χ0v) is 15.4. The number of rotatable bonds is 6. The topological polar surface area (TPSA) is 128 Å². The van der Waals surface area contributed by atoms with Crippen LogP contribution >= 0.6 is 0 Å². The van der Waals surface area contributed by atoms with Gasteiger partial charge in [0.05, 0.1) is 7.11 Å². The van der Waals surface area contributed by atoms with Gasteiger partial charge in [-0.25, -0.2) is 4.79 Å². The second kappa shape index (κ2) is 8.81. The van der Waals surface area contributed by atoms with E-state index in [1.807, 2.05) is 0 Å². The quantitative estimate of drug-likeness (QED) is 0.338. The monoisotopic (exact) mass is 387 g/mol. The number of carbonyl (C=O) groups excluding carboxylic acids is 2. The van der Waals surface area contributed by atoms with Gasteiger partial charge in [-0.15, -0.1) is 0 Å². The van der Waals surface area contributed by atoms with E-state index in [1.165, 1.54) is 67.6 Å². The van der Waals surface area contributed by atoms with Crippen LogP contribution in [0.2, 0.25) is 0 Å². The summed E-state index contributed by atoms with van der Waals surface area (Å²) in [6, 6.07) is 7.25. The predicted molar refractivity (Wildman–Crippen MR) is 101 cm³/mol. The maximum atomic E-state index is 12.5. The molecule has 0 spiro atoms. The Morgan fingerprint density at radius 2 is 1.61 bits per heavy atom. The van der Waals surface area contributed by atoms with Crippen molar-refractivity contribution in [2.75, 3.05) is 14.2 Å². The van der Waals surface area contributed by atoms with E-state index in [4.69, 9.17) is 4.74 Å². The molecule has 0 aliphatic heterocycles. The minimum absolute atomic E-state index is 0.0661. The van der Waals surface area contributed by atoms with Crippen molar-refractivity contribution in [2.45, 2.75) is 12.5 Å². The summed E-state index contributed by atoms with van der Waals surface area (Å²) in [4.78, 5) is 25.8. The Kier molecular flexibility index (Phi) is 6.49. The van der Waals surface area contributed by atoms with Crippen molar-refractivity contribution in [2.24, 2.45) is 0 Å². The van der Waals surface area contributed by atoms with Crippen LogP contribution in [0.25, 0.3) is 6.08 Å². The van der Waals surface area contributed by atoms with Gasteiger partial charge in [0.2, 0.25) is 5.91 Å². The van der Waals surface area contributed by atoms with Crippen LogP contribution in [0.1, 0.15) is 11.1 Å². The van der Waals surface area contributed by atoms with E-state index in [-0.39, 0.29) is 29.4 Å². The van der Waals surface area contributed by atoms with Crippen LogP contribution in [0.5, 0.6) is 23.0 Å². The molecule has 2 aromatic carbocycles. The van der Waals surface area contributed by atoms with Gasteiger partial charge in [-0.3, -0.25) is 4.79 Å². The molecule has 0 radical (unpaired) electrons. The Morgan fingerprint density at radius 3 is 2.18 bits per heavy atom. The number of phenols is 4. The van der Waals surface area contributed by atoms with Crippen LogP contribution in [-0.4, -0.2) is 57.4 Å². The van der Waals surface area contributed by atoms with E-state index in [1.54, 1.807) is 0 Å². The van der Waals surface area contributed by atoms with Gasteiger partial charge in [0.15, 0.2) is 23.0 Å². The van der Waals surface area contributed by atoms with Crippen molar-refractivity contribution in [3.05, 3.63) is 53.6 Å². The van der Waals surface area contributed by atoms with E-state index in [9.17, 15) is 30.0 Å². The zero-order chi connectivity index (χ0) is 20.8. The standard InChI is InChI=1S/C20H21NO7/c1-21(19(26)8-5-12-3-6-15(22)17(24)10-12)14(20(27)28-2)9-13-4-7-16(23)18(25)11-13/h3-8,10-11,14,22-25H,9H2,1-2H3. The molecule has 1 atom stereocenters. The first-order chi connectivity index (χ1) is 13.2. The van der Waals surface area contributed by atoms with Crippen molar-refractivity contribution in [1.82, 2.24) is 4.90 Å². The highest BCUT2D eigenvalue weighted by atomic mass is 16.5. The SMILES string of the molecule is COC(=O)C(Cc1ccc(O)c(O)c1)N(C)C(=O)C=Cc1ccc(O)c(O)c1. The third kappa shape index (κ3) is 4.94. The minimum atomic E-state index is -0.959. The van der Waals surface area contributed by atoms with Crippen LogP contribution < -0.4 is 0 Å². The van der Waals surface area contributed by atoms with Crippen molar-refractivity contribution >= 4 is 18.0 Å². The molecule has 2 aromatic rings. The van der Waals surface area contributed by atoms with Gasteiger partial charge in [0, 0.05) is 19.5 Å². The number of phenolic OH excluding ortho intramolecular Hbond substituents is 4. The van der Waals surface area contributed by atoms with E-state index in [0.29, 0.717) is 11.1 Å². The molecule has 4 N–H and O–H groups in total. The summed E-state index contributed by atoms with van der Waals surface area (Å²) in [5.41, 5.74) is 1.01. The molecule has 1 amide bonds. The summed E-state index contributed by atoms with van der Waals surface area (Å²) in [6.07, 6.45) is 2.71. The first-order valence-corrected chi connectivity index (χ1v) is 8.28. The highest BCUT2D eigenvalue weighted by Crippen LogP contribution is 2.27. The number of methoxy groups -OCH3 is 1. The number of nitrogens with zero attached hydrogens (tertiary/aromatic N) is 1. The minimum Gasteiger partial charge on any atom is -0.504 e. The molecule has 8 nitrogen and oxygen atoms in total. The maximum absolute atomic E-state index is 12.5. The molecule has 0 aliphatic carbocycles. The zero-order valence-electron chi connectivity index (χ0n) is 15.4. The Labute approximate surface area is 161 Å². The molecule has 1 unspecified atom stereocenters. The van der Waals surface area contributed by atoms with Gasteiger partial charge in [-0.1, -0.05) is 12.1 Å². The number of amides is 1. The maximum Gasteiger partial charge on any atom is 0.328 e. The third-order valence-electron chi connectivity index (χ3n) is 4.18. The molecule has 28 heavy (non-hydrogen) atoms. The highest BCUT2D eigenvalue weighted by molar-refractivity contribution is 5.94. The molecule has 0 aromatic heterocycles. The number of hydrogen-bond donors (Lipinski definition) is 4. The summed E-state index contributed by atoms with van der Waals surface area (Å²) in [5.74, 6) is -2.35. The summed E-state index contributed by atoms with van der Waals surface area (Å²) < 4.78 is 4.77.